The number of carboxylic acid groups (broad SMARTS) is 4. The van der Waals surface area contributed by atoms with E-state index in [0.29, 0.717) is 5.57 Å². The minimum absolute atomic E-state index is 0. The predicted molar refractivity (Wildman–Crippen MR) is 245 cm³/mol. The highest BCUT2D eigenvalue weighted by Gasteiger charge is 2.44. The number of aliphatic carboxylic acids is 4. The Morgan fingerprint density at radius 2 is 1.39 bits per heavy atom. The molecule has 6 rings (SSSR count). The lowest BCUT2D eigenvalue weighted by molar-refractivity contribution is -0.428. The van der Waals surface area contributed by atoms with E-state index < -0.39 is 57.5 Å². The van der Waals surface area contributed by atoms with Crippen LogP contribution in [0.4, 0.5) is 11.4 Å². The van der Waals surface area contributed by atoms with E-state index in [0.717, 1.165) is 39.5 Å². The molecule has 3 heterocycles. The third-order valence-electron chi connectivity index (χ3n) is 10.3. The number of ketones is 1. The van der Waals surface area contributed by atoms with Crippen LogP contribution in [0.5, 0.6) is 0 Å². The van der Waals surface area contributed by atoms with Crippen molar-refractivity contribution < 1.29 is 93.3 Å². The average Bonchev–Trinajstić information content (AvgIpc) is 3.72. The van der Waals surface area contributed by atoms with Crippen LogP contribution >= 0.6 is 0 Å². The number of imide groups is 1. The molecule has 0 saturated heterocycles. The first-order valence-electron chi connectivity index (χ1n) is 19.9. The molecule has 20 nitrogen and oxygen atoms in total. The molecule has 22 heteroatoms. The molecule has 2 aromatic rings. The Balaban J connectivity index is 0.000000318. The van der Waals surface area contributed by atoms with Gasteiger partial charge in [0, 0.05) is 30.3 Å². The average molecular weight is 1030 g/mol. The van der Waals surface area contributed by atoms with Crippen molar-refractivity contribution in [3.8, 4) is 0 Å². The maximum absolute atomic E-state index is 12.0. The zero-order chi connectivity index (χ0) is 51.6. The summed E-state index contributed by atoms with van der Waals surface area (Å²) in [7, 11) is -3.07. The minimum Gasteiger partial charge on any atom is -1.00 e. The number of carbonyl (C=O) groups is 8. The van der Waals surface area contributed by atoms with Crippen LogP contribution in [0.15, 0.2) is 140 Å². The van der Waals surface area contributed by atoms with Gasteiger partial charge in [-0.2, -0.15) is 23.1 Å². The van der Waals surface area contributed by atoms with Gasteiger partial charge in [-0.25, -0.2) is 24.0 Å². The fourth-order valence-corrected chi connectivity index (χ4v) is 7.42. The van der Waals surface area contributed by atoms with Crippen LogP contribution in [0.1, 0.15) is 54.0 Å². The van der Waals surface area contributed by atoms with Crippen molar-refractivity contribution in [2.24, 2.45) is 5.10 Å². The normalized spacial score (nSPS) is 17.9. The number of amides is 3. The van der Waals surface area contributed by atoms with Crippen LogP contribution in [-0.4, -0.2) is 115 Å². The van der Waals surface area contributed by atoms with Gasteiger partial charge >= 0.3 is 23.9 Å². The number of nitrogens with zero attached hydrogens (tertiary/aromatic N) is 5. The molecule has 5 N–H and O–H groups in total. The van der Waals surface area contributed by atoms with Gasteiger partial charge in [0.2, 0.25) is 12.2 Å². The molecule has 3 amide bonds. The number of anilines is 1. The van der Waals surface area contributed by atoms with Crippen molar-refractivity contribution in [1.29, 1.82) is 0 Å². The number of carboxylic acids is 4. The summed E-state index contributed by atoms with van der Waals surface area (Å²) in [6, 6.07) is 12.6. The lowest BCUT2D eigenvalue weighted by atomic mass is 9.81. The summed E-state index contributed by atoms with van der Waals surface area (Å²) in [6.07, 6.45) is 10.7. The smallest absolute Gasteiger partial charge is 0.370 e. The number of allylic oxidation sites excluding steroid dienone is 7. The lowest BCUT2D eigenvalue weighted by Gasteiger charge is -2.24. The van der Waals surface area contributed by atoms with Crippen molar-refractivity contribution in [1.82, 2.24) is 4.90 Å². The van der Waals surface area contributed by atoms with Gasteiger partial charge in [-0.3, -0.25) is 28.6 Å². The Bertz CT molecular complexity index is 2980. The molecule has 1 aliphatic carbocycles. The molecule has 0 fully saturated rings. The van der Waals surface area contributed by atoms with Crippen LogP contribution in [0.3, 0.4) is 0 Å². The largest absolute Gasteiger partial charge is 1.00 e. The molecule has 3 aliphatic heterocycles. The Morgan fingerprint density at radius 1 is 0.812 bits per heavy atom. The number of fused-ring (bicyclic) bond motifs is 1. The van der Waals surface area contributed by atoms with Crippen LogP contribution in [0.2, 0.25) is 0 Å². The van der Waals surface area contributed by atoms with E-state index in [1.807, 2.05) is 41.9 Å². The van der Waals surface area contributed by atoms with Gasteiger partial charge in [0.05, 0.1) is 28.1 Å². The maximum Gasteiger partial charge on any atom is 0.370 e. The van der Waals surface area contributed by atoms with E-state index in [9.17, 15) is 46.8 Å². The van der Waals surface area contributed by atoms with Crippen molar-refractivity contribution in [3.63, 3.8) is 0 Å². The van der Waals surface area contributed by atoms with Gasteiger partial charge in [0.15, 0.2) is 22.9 Å². The Morgan fingerprint density at radius 3 is 1.84 bits per heavy atom. The first kappa shape index (κ1) is 57.1. The fourth-order valence-electron chi connectivity index (χ4n) is 6.94. The molecule has 0 spiro atoms. The maximum atomic E-state index is 12.0. The monoisotopic (exact) mass is 1030 g/mol. The molecule has 0 radical (unpaired) electrons. The molecule has 0 aromatic heterocycles. The van der Waals surface area contributed by atoms with E-state index in [4.69, 9.17) is 31.6 Å². The molecule has 2 aromatic carbocycles. The quantitative estimate of drug-likeness (QED) is 0.0632. The summed E-state index contributed by atoms with van der Waals surface area (Å²) in [5.74, 6) is -7.23. The second-order valence-corrected chi connectivity index (χ2v) is 16.3. The number of hydrogen-bond acceptors (Lipinski definition) is 11. The molecule has 0 bridgehead atoms. The molecule has 0 atom stereocenters. The SMILES string of the molecule is C/C=C1\C(=O)N(c2ccc(S(=O)(=O)O)cc2)N=C1C(=O)O.CC=C1C(=O)N(C)C(=O)C(C(=O)O)=C1C.CC=CC1=[N+](CC(=O)O)c2ccccc2C1(C)C.[Br-].[C-]#[N+]C1=CC(=O)C(C(=O)O)=CC1=CC. The predicted octanol–water partition coefficient (Wildman–Crippen LogP) is 2.06. The summed E-state index contributed by atoms with van der Waals surface area (Å²) >= 11 is 0. The molecule has 0 unspecified atom stereocenters. The number of likely N-dealkylation sites (N-methyl/N-ethyl adjacent to an activating group) is 1. The summed E-state index contributed by atoms with van der Waals surface area (Å²) in [6.45, 7) is 19.3. The molecular weight excluding hydrogens is 987 g/mol. The first-order valence-corrected chi connectivity index (χ1v) is 21.4. The third kappa shape index (κ3) is 12.7. The number of halogens is 1. The topological polar surface area (TPSA) is 298 Å². The third-order valence-corrected chi connectivity index (χ3v) is 11.2. The van der Waals surface area contributed by atoms with Crippen molar-refractivity contribution in [3.05, 3.63) is 147 Å². The fraction of sp³-hybridized carbons (Fsp3) is 0.213. The second kappa shape index (κ2) is 23.6. The Kier molecular flexibility index (Phi) is 19.6. The minimum atomic E-state index is -4.34. The second-order valence-electron chi connectivity index (χ2n) is 14.8. The van der Waals surface area contributed by atoms with Gasteiger partial charge in [0.1, 0.15) is 11.1 Å². The van der Waals surface area contributed by atoms with Gasteiger partial charge < -0.3 is 37.4 Å². The van der Waals surface area contributed by atoms with Crippen LogP contribution < -0.4 is 22.0 Å². The van der Waals surface area contributed by atoms with E-state index in [1.54, 1.807) is 19.9 Å². The molecule has 0 saturated carbocycles. The van der Waals surface area contributed by atoms with E-state index >= 15 is 0 Å². The summed E-state index contributed by atoms with van der Waals surface area (Å²) in [5, 5.41) is 40.1. The van der Waals surface area contributed by atoms with Gasteiger partial charge in [0.25, 0.3) is 27.8 Å². The number of benzene rings is 2. The number of hydrazone groups is 1. The molecular formula is C47H46BrN5O15S. The molecule has 362 valence electrons. The highest BCUT2D eigenvalue weighted by molar-refractivity contribution is 7.85. The zero-order valence-corrected chi connectivity index (χ0v) is 40.6. The molecule has 4 aliphatic rings. The van der Waals surface area contributed by atoms with Crippen molar-refractivity contribution in [2.75, 3.05) is 18.6 Å². The van der Waals surface area contributed by atoms with E-state index in [2.05, 4.69) is 29.9 Å². The van der Waals surface area contributed by atoms with Crippen LogP contribution in [0, 0.1) is 6.57 Å². The van der Waals surface area contributed by atoms with Crippen LogP contribution in [-0.2, 0) is 53.9 Å². The highest BCUT2D eigenvalue weighted by atomic mass is 79.9. The number of hydrogen-bond donors (Lipinski definition) is 5. The standard InChI is InChI=1S/C15H17NO2.C12H10N2O6S.C10H11NO4.C10H7NO3.BrH/c1-4-7-13-15(2,3)11-8-5-6-9-12(11)16(13)10-14(17)18;1-2-9-10(12(16)17)13-14(11(9)15)7-3-5-8(6-4-7)21(18,19)20;1-4-6-5(2)7(10(14)15)9(13)11(3)8(6)12;1-3-6-4-7(10(13)14)9(12)5-8(6)11-2;/h4-9H,10H2,1-3H3;2-6H,1H3,(H,16,17)(H,18,19,20);4H,1-3H3,(H,14,15);3-5H,1H3,(H,13,14);1H/b;9-2-;;;. The Labute approximate surface area is 406 Å². The summed E-state index contributed by atoms with van der Waals surface area (Å²) in [4.78, 5) is 93.4. The van der Waals surface area contributed by atoms with E-state index in [1.165, 1.54) is 56.8 Å². The van der Waals surface area contributed by atoms with Crippen molar-refractivity contribution in [2.45, 2.75) is 58.8 Å². The molecule has 69 heavy (non-hydrogen) atoms. The van der Waals surface area contributed by atoms with Crippen LogP contribution in [0.25, 0.3) is 4.85 Å². The zero-order valence-electron chi connectivity index (χ0n) is 38.2. The van der Waals surface area contributed by atoms with Gasteiger partial charge in [-0.05, 0) is 96.0 Å². The Hall–Kier alpha value is -8.00. The van der Waals surface area contributed by atoms with E-state index in [-0.39, 0.29) is 78.8 Å². The summed E-state index contributed by atoms with van der Waals surface area (Å²) < 4.78 is 32.6. The van der Waals surface area contributed by atoms with Gasteiger partial charge in [-0.1, -0.05) is 42.5 Å². The first-order chi connectivity index (χ1) is 31.7. The number of para-hydroxylation sites is 1. The van der Waals surface area contributed by atoms with Crippen molar-refractivity contribution >= 4 is 80.3 Å². The highest BCUT2D eigenvalue weighted by Crippen LogP contribution is 2.39. The lowest BCUT2D eigenvalue weighted by Crippen LogP contribution is -3.00. The van der Waals surface area contributed by atoms with Gasteiger partial charge in [-0.15, -0.1) is 0 Å². The number of carbonyl (C=O) groups excluding carboxylic acids is 4. The summed E-state index contributed by atoms with van der Waals surface area (Å²) in [5.41, 5.74) is 3.29. The number of rotatable bonds is 8.